The zero-order valence-corrected chi connectivity index (χ0v) is 32.2. The van der Waals surface area contributed by atoms with Gasteiger partial charge in [0.25, 0.3) is 0 Å². The number of rotatable bonds is 8. The minimum absolute atomic E-state index is 0.0938. The third kappa shape index (κ3) is 6.14. The number of para-hydroxylation sites is 2. The van der Waals surface area contributed by atoms with Crippen LogP contribution in [-0.2, 0) is 10.8 Å². The summed E-state index contributed by atoms with van der Waals surface area (Å²) >= 11 is 0. The van der Waals surface area contributed by atoms with E-state index in [1.165, 1.54) is 105 Å². The lowest BCUT2D eigenvalue weighted by molar-refractivity contribution is 0.0874. The molecule has 2 heteroatoms. The zero-order valence-electron chi connectivity index (χ0n) is 32.2. The predicted octanol–water partition coefficient (Wildman–Crippen LogP) is 15.1. The first-order valence-electron chi connectivity index (χ1n) is 20.4. The van der Waals surface area contributed by atoms with E-state index in [0.29, 0.717) is 0 Å². The first-order valence-corrected chi connectivity index (χ1v) is 20.4. The number of anilines is 6. The van der Waals surface area contributed by atoms with Crippen LogP contribution in [0.3, 0.4) is 0 Å². The van der Waals surface area contributed by atoms with Crippen molar-refractivity contribution in [2.45, 2.75) is 56.3 Å². The van der Waals surface area contributed by atoms with Crippen molar-refractivity contribution in [1.82, 2.24) is 0 Å². The van der Waals surface area contributed by atoms with Crippen LogP contribution >= 0.6 is 0 Å². The Morgan fingerprint density at radius 1 is 0.429 bits per heavy atom. The summed E-state index contributed by atoms with van der Waals surface area (Å²) in [7, 11) is 0. The number of benzene rings is 8. The summed E-state index contributed by atoms with van der Waals surface area (Å²) in [6.07, 6.45) is 7.61. The van der Waals surface area contributed by atoms with E-state index in [1.807, 2.05) is 0 Å². The van der Waals surface area contributed by atoms with Gasteiger partial charge in [-0.15, -0.1) is 0 Å². The second-order valence-corrected chi connectivity index (χ2v) is 16.6. The smallest absolute Gasteiger partial charge is 0.0540 e. The van der Waals surface area contributed by atoms with Crippen molar-refractivity contribution in [1.29, 1.82) is 0 Å². The maximum atomic E-state index is 2.56. The lowest BCUT2D eigenvalue weighted by Crippen LogP contribution is -2.46. The molecule has 0 saturated heterocycles. The average Bonchev–Trinajstić information content (AvgIpc) is 3.25. The van der Waals surface area contributed by atoms with Crippen molar-refractivity contribution >= 4 is 55.7 Å². The SMILES string of the molecule is CC1(c2ccc(N(c3ccccc3)c3cccc4ccccc34)cc2)CC2CCCC(c3ccc(N(c4ccccc4)c4cccc5ccccc45)cc3)(C2)C1. The Morgan fingerprint density at radius 3 is 1.41 bits per heavy atom. The Hall–Kier alpha value is -6.12. The van der Waals surface area contributed by atoms with Gasteiger partial charge in [0, 0.05) is 33.5 Å². The fourth-order valence-electron chi connectivity index (χ4n) is 10.7. The van der Waals surface area contributed by atoms with Crippen molar-refractivity contribution in [2.75, 3.05) is 9.80 Å². The van der Waals surface area contributed by atoms with Gasteiger partial charge in [0.05, 0.1) is 11.4 Å². The fraction of sp³-hybridized carbons (Fsp3) is 0.185. The highest BCUT2D eigenvalue weighted by Crippen LogP contribution is 2.58. The molecular weight excluding hydrogens is 677 g/mol. The summed E-state index contributed by atoms with van der Waals surface area (Å²) in [6.45, 7) is 2.56. The molecule has 2 nitrogen and oxygen atoms in total. The van der Waals surface area contributed by atoms with Crippen molar-refractivity contribution in [2.24, 2.45) is 5.92 Å². The van der Waals surface area contributed by atoms with Crippen molar-refractivity contribution in [3.05, 3.63) is 205 Å². The van der Waals surface area contributed by atoms with Gasteiger partial charge in [-0.3, -0.25) is 0 Å². The van der Waals surface area contributed by atoms with Gasteiger partial charge in [-0.25, -0.2) is 0 Å². The van der Waals surface area contributed by atoms with Crippen LogP contribution in [0.5, 0.6) is 0 Å². The van der Waals surface area contributed by atoms with Crippen LogP contribution in [-0.4, -0.2) is 0 Å². The molecule has 3 atom stereocenters. The molecule has 2 aliphatic carbocycles. The molecule has 2 aliphatic rings. The van der Waals surface area contributed by atoms with Crippen LogP contribution in [0.15, 0.2) is 194 Å². The summed E-state index contributed by atoms with van der Waals surface area (Å²) < 4.78 is 0. The molecule has 8 aromatic carbocycles. The Bertz CT molecular complexity index is 2600. The highest BCUT2D eigenvalue weighted by molar-refractivity contribution is 6.00. The first-order chi connectivity index (χ1) is 27.6. The minimum atomic E-state index is 0.0938. The van der Waals surface area contributed by atoms with Crippen LogP contribution in [0, 0.1) is 5.92 Å². The van der Waals surface area contributed by atoms with E-state index in [4.69, 9.17) is 0 Å². The Kier molecular flexibility index (Phi) is 8.71. The van der Waals surface area contributed by atoms with Gasteiger partial charge in [-0.1, -0.05) is 153 Å². The maximum absolute atomic E-state index is 2.56. The first kappa shape index (κ1) is 34.4. The van der Waals surface area contributed by atoms with E-state index in [-0.39, 0.29) is 10.8 Å². The summed E-state index contributed by atoms with van der Waals surface area (Å²) in [5, 5.41) is 5.02. The number of hydrogen-bond donors (Lipinski definition) is 0. The van der Waals surface area contributed by atoms with Crippen molar-refractivity contribution in [3.8, 4) is 0 Å². The monoisotopic (exact) mass is 724 g/mol. The largest absolute Gasteiger partial charge is 0.310 e. The van der Waals surface area contributed by atoms with E-state index < -0.39 is 0 Å². The van der Waals surface area contributed by atoms with Gasteiger partial charge in [0.1, 0.15) is 0 Å². The van der Waals surface area contributed by atoms with Crippen LogP contribution < -0.4 is 9.80 Å². The van der Waals surface area contributed by atoms with Crippen LogP contribution in [0.2, 0.25) is 0 Å². The summed E-state index contributed by atoms with van der Waals surface area (Å²) in [4.78, 5) is 4.85. The summed E-state index contributed by atoms with van der Waals surface area (Å²) in [5.41, 5.74) is 10.4. The summed E-state index contributed by atoms with van der Waals surface area (Å²) in [6, 6.07) is 71.7. The van der Waals surface area contributed by atoms with Crippen LogP contribution in [0.1, 0.15) is 56.6 Å². The molecule has 2 fully saturated rings. The van der Waals surface area contributed by atoms with E-state index in [9.17, 15) is 0 Å². The molecule has 0 aliphatic heterocycles. The van der Waals surface area contributed by atoms with Gasteiger partial charge in [0.15, 0.2) is 0 Å². The minimum Gasteiger partial charge on any atom is -0.310 e. The Labute approximate surface area is 331 Å². The van der Waals surface area contributed by atoms with Crippen LogP contribution in [0.25, 0.3) is 21.5 Å². The molecule has 10 rings (SSSR count). The maximum Gasteiger partial charge on any atom is 0.0540 e. The molecule has 0 radical (unpaired) electrons. The lowest BCUT2D eigenvalue weighted by Gasteiger charge is -2.53. The zero-order chi connectivity index (χ0) is 37.5. The predicted molar refractivity (Wildman–Crippen MR) is 237 cm³/mol. The van der Waals surface area contributed by atoms with Crippen LogP contribution in [0.4, 0.5) is 34.1 Å². The molecule has 2 bridgehead atoms. The van der Waals surface area contributed by atoms with Crippen molar-refractivity contribution in [3.63, 3.8) is 0 Å². The fourth-order valence-corrected chi connectivity index (χ4v) is 10.7. The second-order valence-electron chi connectivity index (χ2n) is 16.6. The third-order valence-electron chi connectivity index (χ3n) is 13.0. The molecule has 0 amide bonds. The molecule has 2 saturated carbocycles. The standard InChI is InChI=1S/C54H48N2/c1-53(43-28-32-47(33-29-43)55(45-20-4-2-5-21-45)51-26-12-18-41-16-8-10-24-49(41)51)37-40-15-14-36-54(38-40,39-53)44-30-34-48(35-31-44)56(46-22-6-3-7-23-46)52-27-13-19-42-17-9-11-25-50(42)52/h2-13,16-35,40H,14-15,36-39H2,1H3. The Balaban J connectivity index is 0.990. The molecule has 0 N–H and O–H groups in total. The van der Waals surface area contributed by atoms with E-state index in [0.717, 1.165) is 5.92 Å². The number of hydrogen-bond acceptors (Lipinski definition) is 2. The lowest BCUT2D eigenvalue weighted by atomic mass is 9.51. The van der Waals surface area contributed by atoms with Gasteiger partial charge >= 0.3 is 0 Å². The van der Waals surface area contributed by atoms with Gasteiger partial charge in [-0.05, 0) is 125 Å². The molecule has 0 heterocycles. The van der Waals surface area contributed by atoms with Gasteiger partial charge < -0.3 is 9.80 Å². The van der Waals surface area contributed by atoms with E-state index in [2.05, 4.69) is 211 Å². The molecule has 274 valence electrons. The van der Waals surface area contributed by atoms with E-state index in [1.54, 1.807) is 0 Å². The number of nitrogens with zero attached hydrogens (tertiary/aromatic N) is 2. The quantitative estimate of drug-likeness (QED) is 0.154. The molecule has 0 spiro atoms. The highest BCUT2D eigenvalue weighted by Gasteiger charge is 2.49. The number of fused-ring (bicyclic) bond motifs is 4. The molecular formula is C54H48N2. The van der Waals surface area contributed by atoms with Gasteiger partial charge in [0.2, 0.25) is 0 Å². The molecule has 3 unspecified atom stereocenters. The molecule has 0 aromatic heterocycles. The van der Waals surface area contributed by atoms with Gasteiger partial charge in [-0.2, -0.15) is 0 Å². The molecule has 56 heavy (non-hydrogen) atoms. The molecule has 8 aromatic rings. The van der Waals surface area contributed by atoms with Crippen molar-refractivity contribution < 1.29 is 0 Å². The average molecular weight is 725 g/mol. The second kappa shape index (κ2) is 14.2. The van der Waals surface area contributed by atoms with E-state index >= 15 is 0 Å². The Morgan fingerprint density at radius 2 is 0.875 bits per heavy atom. The topological polar surface area (TPSA) is 6.48 Å². The highest BCUT2D eigenvalue weighted by atomic mass is 15.1. The third-order valence-corrected chi connectivity index (χ3v) is 13.0. The summed E-state index contributed by atoms with van der Waals surface area (Å²) in [5.74, 6) is 0.731. The normalized spacial score (nSPS) is 20.5.